The second-order valence-corrected chi connectivity index (χ2v) is 9.41. The van der Waals surface area contributed by atoms with Gasteiger partial charge in [-0.25, -0.2) is 0 Å². The van der Waals surface area contributed by atoms with Gasteiger partial charge in [0.2, 0.25) is 0 Å². The Morgan fingerprint density at radius 1 is 1.03 bits per heavy atom. The van der Waals surface area contributed by atoms with Crippen LogP contribution in [-0.4, -0.2) is 35.5 Å². The number of rotatable bonds is 7. The number of aliphatic hydroxyl groups excluding tert-OH is 1. The minimum atomic E-state index is -0.837. The fourth-order valence-electron chi connectivity index (χ4n) is 5.09. The maximum atomic E-state index is 13.6. The topological polar surface area (TPSA) is 91.9 Å². The molecular weight excluding hydrogens is 480 g/mol. The summed E-state index contributed by atoms with van der Waals surface area (Å²) in [6, 6.07) is 19.1. The maximum Gasteiger partial charge on any atom is 0.300 e. The van der Waals surface area contributed by atoms with Gasteiger partial charge in [0.15, 0.2) is 0 Å². The minimum absolute atomic E-state index is 0.0419. The van der Waals surface area contributed by atoms with Crippen molar-refractivity contribution in [2.24, 2.45) is 0 Å². The number of hydrogen-bond donors (Lipinski definition) is 2. The fraction of sp³-hybridized carbons (Fsp3) is 0.226. The molecule has 0 saturated carbocycles. The second kappa shape index (κ2) is 10.1. The third kappa shape index (κ3) is 4.20. The van der Waals surface area contributed by atoms with Crippen LogP contribution in [0.2, 0.25) is 0 Å². The number of aromatic amines is 1. The molecule has 4 aromatic rings. The quantitative estimate of drug-likeness (QED) is 0.175. The number of ketones is 1. The summed E-state index contributed by atoms with van der Waals surface area (Å²) in [6.07, 6.45) is 0.875. The SMILES string of the molecule is CCCOc1ccc(/C(O)=C2\C(=O)C(=O)N(c3ccc(OC)cc3)C2c2c(C)[nH]c3ccccc23)cc1C. The number of nitrogens with zero attached hydrogens (tertiary/aromatic N) is 1. The van der Waals surface area contributed by atoms with E-state index >= 15 is 0 Å². The van der Waals surface area contributed by atoms with E-state index < -0.39 is 17.7 Å². The van der Waals surface area contributed by atoms with Crippen LogP contribution in [0.1, 0.15) is 41.8 Å². The van der Waals surface area contributed by atoms with Gasteiger partial charge in [0, 0.05) is 33.4 Å². The van der Waals surface area contributed by atoms with E-state index in [0.717, 1.165) is 34.1 Å². The number of methoxy groups -OCH3 is 1. The van der Waals surface area contributed by atoms with Crippen molar-refractivity contribution in [3.05, 3.63) is 94.7 Å². The number of anilines is 1. The van der Waals surface area contributed by atoms with Crippen LogP contribution < -0.4 is 14.4 Å². The standard InChI is InChI=1S/C31H30N2O5/c1-5-16-38-25-15-10-20(17-18(25)2)29(34)27-28(26-19(3)32-24-9-7-6-8-23(24)26)33(31(36)30(27)35)21-11-13-22(37-4)14-12-21/h6-15,17,28,32,34H,5,16H2,1-4H3/b29-27+. The molecule has 2 heterocycles. The third-order valence-electron chi connectivity index (χ3n) is 6.92. The molecule has 1 aliphatic heterocycles. The van der Waals surface area contributed by atoms with Crippen molar-refractivity contribution in [2.75, 3.05) is 18.6 Å². The predicted octanol–water partition coefficient (Wildman–Crippen LogP) is 6.21. The Labute approximate surface area is 221 Å². The lowest BCUT2D eigenvalue weighted by Gasteiger charge is -2.26. The number of benzene rings is 3. The van der Waals surface area contributed by atoms with Crippen LogP contribution in [0.15, 0.2) is 72.3 Å². The first kappa shape index (κ1) is 25.1. The molecule has 0 radical (unpaired) electrons. The highest BCUT2D eigenvalue weighted by atomic mass is 16.5. The molecular formula is C31H30N2O5. The van der Waals surface area contributed by atoms with Crippen molar-refractivity contribution in [2.45, 2.75) is 33.2 Å². The van der Waals surface area contributed by atoms with Crippen LogP contribution in [0.25, 0.3) is 16.7 Å². The van der Waals surface area contributed by atoms with Crippen molar-refractivity contribution >= 4 is 34.0 Å². The average Bonchev–Trinajstić information content (AvgIpc) is 3.39. The summed E-state index contributed by atoms with van der Waals surface area (Å²) >= 11 is 0. The first-order valence-electron chi connectivity index (χ1n) is 12.6. The number of nitrogens with one attached hydrogen (secondary N) is 1. The number of hydrogen-bond acceptors (Lipinski definition) is 5. The summed E-state index contributed by atoms with van der Waals surface area (Å²) in [5.74, 6) is -0.320. The number of aliphatic hydroxyl groups is 1. The van der Waals surface area contributed by atoms with Crippen LogP contribution in [0.5, 0.6) is 11.5 Å². The first-order chi connectivity index (χ1) is 18.3. The summed E-state index contributed by atoms with van der Waals surface area (Å²) in [5, 5.41) is 12.5. The molecule has 1 fully saturated rings. The van der Waals surface area contributed by atoms with Crippen LogP contribution in [-0.2, 0) is 9.59 Å². The molecule has 7 nitrogen and oxygen atoms in total. The third-order valence-corrected chi connectivity index (χ3v) is 6.92. The first-order valence-corrected chi connectivity index (χ1v) is 12.6. The Kier molecular flexibility index (Phi) is 6.68. The number of para-hydroxylation sites is 1. The minimum Gasteiger partial charge on any atom is -0.507 e. The lowest BCUT2D eigenvalue weighted by molar-refractivity contribution is -0.132. The van der Waals surface area contributed by atoms with Crippen LogP contribution >= 0.6 is 0 Å². The number of amides is 1. The molecule has 2 N–H and O–H groups in total. The van der Waals surface area contributed by atoms with Crippen molar-refractivity contribution < 1.29 is 24.2 Å². The number of aryl methyl sites for hydroxylation is 2. The smallest absolute Gasteiger partial charge is 0.300 e. The van der Waals surface area contributed by atoms with E-state index in [4.69, 9.17) is 9.47 Å². The molecule has 1 aromatic heterocycles. The van der Waals surface area contributed by atoms with Gasteiger partial charge in [0.25, 0.3) is 11.7 Å². The van der Waals surface area contributed by atoms with Crippen LogP contribution in [0, 0.1) is 13.8 Å². The highest BCUT2D eigenvalue weighted by Crippen LogP contribution is 2.45. The lowest BCUT2D eigenvalue weighted by Crippen LogP contribution is -2.29. The average molecular weight is 511 g/mol. The maximum absolute atomic E-state index is 13.6. The molecule has 1 saturated heterocycles. The largest absolute Gasteiger partial charge is 0.507 e. The zero-order valence-corrected chi connectivity index (χ0v) is 21.9. The Hall–Kier alpha value is -4.52. The molecule has 1 amide bonds. The molecule has 1 atom stereocenters. The van der Waals surface area contributed by atoms with Crippen molar-refractivity contribution in [3.8, 4) is 11.5 Å². The number of ether oxygens (including phenoxy) is 2. The van der Waals surface area contributed by atoms with Gasteiger partial charge in [-0.3, -0.25) is 14.5 Å². The monoisotopic (exact) mass is 510 g/mol. The molecule has 5 rings (SSSR count). The molecule has 0 spiro atoms. The Bertz CT molecular complexity index is 1570. The van der Waals surface area contributed by atoms with E-state index in [1.54, 1.807) is 49.6 Å². The zero-order valence-electron chi connectivity index (χ0n) is 21.9. The van der Waals surface area contributed by atoms with Crippen molar-refractivity contribution in [1.29, 1.82) is 0 Å². The number of Topliss-reactive ketones (excluding diaryl/α,β-unsaturated/α-hetero) is 1. The molecule has 38 heavy (non-hydrogen) atoms. The van der Waals surface area contributed by atoms with Gasteiger partial charge >= 0.3 is 0 Å². The molecule has 1 unspecified atom stereocenters. The van der Waals surface area contributed by atoms with Gasteiger partial charge in [0.1, 0.15) is 17.3 Å². The van der Waals surface area contributed by atoms with Crippen molar-refractivity contribution in [3.63, 3.8) is 0 Å². The lowest BCUT2D eigenvalue weighted by atomic mass is 9.92. The van der Waals surface area contributed by atoms with Gasteiger partial charge in [-0.1, -0.05) is 25.1 Å². The summed E-state index contributed by atoms with van der Waals surface area (Å²) in [5.41, 5.74) is 4.29. The van der Waals surface area contributed by atoms with Gasteiger partial charge in [-0.05, 0) is 74.4 Å². The highest BCUT2D eigenvalue weighted by molar-refractivity contribution is 6.52. The van der Waals surface area contributed by atoms with Gasteiger partial charge < -0.3 is 19.6 Å². The van der Waals surface area contributed by atoms with Gasteiger partial charge in [-0.15, -0.1) is 0 Å². The normalized spacial score (nSPS) is 16.8. The zero-order chi connectivity index (χ0) is 27.0. The second-order valence-electron chi connectivity index (χ2n) is 9.41. The summed E-state index contributed by atoms with van der Waals surface area (Å²) in [7, 11) is 1.57. The molecule has 194 valence electrons. The number of carbonyl (C=O) groups is 2. The Morgan fingerprint density at radius 3 is 2.45 bits per heavy atom. The number of H-pyrrole nitrogens is 1. The van der Waals surface area contributed by atoms with E-state index in [1.807, 2.05) is 45.0 Å². The highest BCUT2D eigenvalue weighted by Gasteiger charge is 2.48. The molecule has 0 bridgehead atoms. The molecule has 3 aromatic carbocycles. The Morgan fingerprint density at radius 2 is 1.76 bits per heavy atom. The van der Waals surface area contributed by atoms with E-state index in [1.165, 1.54) is 4.90 Å². The van der Waals surface area contributed by atoms with Crippen LogP contribution in [0.3, 0.4) is 0 Å². The number of fused-ring (bicyclic) bond motifs is 1. The Balaban J connectivity index is 1.73. The van der Waals surface area contributed by atoms with Gasteiger partial charge in [-0.2, -0.15) is 0 Å². The van der Waals surface area contributed by atoms with E-state index in [-0.39, 0.29) is 11.3 Å². The van der Waals surface area contributed by atoms with E-state index in [2.05, 4.69) is 4.98 Å². The molecule has 7 heteroatoms. The number of aromatic nitrogens is 1. The van der Waals surface area contributed by atoms with Crippen molar-refractivity contribution in [1.82, 2.24) is 4.98 Å². The van der Waals surface area contributed by atoms with E-state index in [9.17, 15) is 14.7 Å². The predicted molar refractivity (Wildman–Crippen MR) is 148 cm³/mol. The molecule has 1 aliphatic rings. The summed E-state index contributed by atoms with van der Waals surface area (Å²) in [6.45, 7) is 6.41. The van der Waals surface area contributed by atoms with Crippen LogP contribution in [0.4, 0.5) is 5.69 Å². The fourth-order valence-corrected chi connectivity index (χ4v) is 5.09. The summed E-state index contributed by atoms with van der Waals surface area (Å²) in [4.78, 5) is 32.0. The summed E-state index contributed by atoms with van der Waals surface area (Å²) < 4.78 is 11.1. The van der Waals surface area contributed by atoms with E-state index in [0.29, 0.717) is 29.4 Å². The van der Waals surface area contributed by atoms with Gasteiger partial charge in [0.05, 0.1) is 25.3 Å². The number of carbonyl (C=O) groups excluding carboxylic acids is 2. The molecule has 0 aliphatic carbocycles.